The maximum atomic E-state index is 13.7. The first-order valence-corrected chi connectivity index (χ1v) is 11.1. The molecule has 0 saturated heterocycles. The second kappa shape index (κ2) is 8.62. The maximum absolute atomic E-state index is 13.7. The van der Waals surface area contributed by atoms with Crippen molar-refractivity contribution in [1.82, 2.24) is 19.7 Å². The van der Waals surface area contributed by atoms with Crippen LogP contribution in [0.15, 0.2) is 94.3 Å². The van der Waals surface area contributed by atoms with Gasteiger partial charge in [-0.3, -0.25) is 9.78 Å². The van der Waals surface area contributed by atoms with Crippen molar-refractivity contribution in [1.29, 1.82) is 0 Å². The van der Waals surface area contributed by atoms with Crippen molar-refractivity contribution in [2.45, 2.75) is 6.54 Å². The molecule has 3 aromatic heterocycles. The second-order valence-electron chi connectivity index (χ2n) is 8.27. The highest BCUT2D eigenvalue weighted by molar-refractivity contribution is 6.13. The fourth-order valence-corrected chi connectivity index (χ4v) is 4.14. The van der Waals surface area contributed by atoms with E-state index in [2.05, 4.69) is 15.4 Å². The van der Waals surface area contributed by atoms with Crippen molar-refractivity contribution in [2.24, 2.45) is 0 Å². The molecule has 176 valence electrons. The molecular formula is C27H18FN5O3. The van der Waals surface area contributed by atoms with Crippen molar-refractivity contribution in [3.05, 3.63) is 113 Å². The Morgan fingerprint density at radius 1 is 1.03 bits per heavy atom. The molecule has 3 heterocycles. The summed E-state index contributed by atoms with van der Waals surface area (Å²) < 4.78 is 20.4. The minimum absolute atomic E-state index is 0.290. The number of rotatable bonds is 5. The van der Waals surface area contributed by atoms with E-state index in [1.165, 1.54) is 12.1 Å². The number of nitrogens with zero attached hydrogens (tertiary/aromatic N) is 3. The largest absolute Gasteiger partial charge is 0.417 e. The van der Waals surface area contributed by atoms with Gasteiger partial charge in [-0.15, -0.1) is 0 Å². The smallest absolute Gasteiger partial charge is 0.408 e. The summed E-state index contributed by atoms with van der Waals surface area (Å²) in [5.41, 5.74) is 4.40. The Morgan fingerprint density at radius 3 is 2.72 bits per heavy atom. The van der Waals surface area contributed by atoms with Crippen molar-refractivity contribution in [3.63, 3.8) is 0 Å². The summed E-state index contributed by atoms with van der Waals surface area (Å²) >= 11 is 0. The molecule has 8 nitrogen and oxygen atoms in total. The van der Waals surface area contributed by atoms with Crippen molar-refractivity contribution in [3.8, 4) is 11.3 Å². The highest BCUT2D eigenvalue weighted by Crippen LogP contribution is 2.27. The highest BCUT2D eigenvalue weighted by atomic mass is 19.1. The molecule has 0 aliphatic carbocycles. The van der Waals surface area contributed by atoms with Crippen LogP contribution in [0, 0.1) is 5.82 Å². The van der Waals surface area contributed by atoms with Gasteiger partial charge in [-0.05, 0) is 42.0 Å². The lowest BCUT2D eigenvalue weighted by Crippen LogP contribution is -2.13. The number of anilines is 1. The number of hydrogen-bond donors (Lipinski definition) is 2. The molecule has 3 aromatic carbocycles. The molecule has 2 N–H and O–H groups in total. The molecule has 0 radical (unpaired) electrons. The minimum Gasteiger partial charge on any atom is -0.408 e. The summed E-state index contributed by atoms with van der Waals surface area (Å²) in [6, 6.07) is 22.4. The van der Waals surface area contributed by atoms with Gasteiger partial charge in [-0.1, -0.05) is 42.5 Å². The molecule has 1 amide bonds. The van der Waals surface area contributed by atoms with E-state index in [0.717, 1.165) is 11.1 Å². The van der Waals surface area contributed by atoms with E-state index < -0.39 is 5.76 Å². The monoisotopic (exact) mass is 479 g/mol. The summed E-state index contributed by atoms with van der Waals surface area (Å²) in [6.07, 6.45) is 1.59. The van der Waals surface area contributed by atoms with Gasteiger partial charge in [0.2, 0.25) is 0 Å². The molecule has 9 heteroatoms. The fraction of sp³-hybridized carbons (Fsp3) is 0.0370. The quantitative estimate of drug-likeness (QED) is 0.363. The molecule has 0 fully saturated rings. The van der Waals surface area contributed by atoms with E-state index in [1.54, 1.807) is 41.2 Å². The lowest BCUT2D eigenvalue weighted by molar-refractivity contribution is 0.102. The van der Waals surface area contributed by atoms with Crippen molar-refractivity contribution < 1.29 is 13.6 Å². The molecule has 0 bridgehead atoms. The number of oxazole rings is 1. The maximum Gasteiger partial charge on any atom is 0.417 e. The number of benzene rings is 3. The first-order valence-electron chi connectivity index (χ1n) is 11.1. The van der Waals surface area contributed by atoms with Crippen LogP contribution >= 0.6 is 0 Å². The molecule has 0 saturated carbocycles. The molecule has 0 atom stereocenters. The Bertz CT molecular complexity index is 1800. The molecule has 6 rings (SSSR count). The normalized spacial score (nSPS) is 11.2. The Hall–Kier alpha value is -5.05. The third kappa shape index (κ3) is 4.03. The van der Waals surface area contributed by atoms with Crippen molar-refractivity contribution in [2.75, 3.05) is 5.32 Å². The van der Waals surface area contributed by atoms with E-state index in [0.29, 0.717) is 39.1 Å². The number of aromatic amines is 1. The number of carbonyl (C=O) groups excluding carboxylic acids is 1. The van der Waals surface area contributed by atoms with Crippen LogP contribution in [-0.2, 0) is 6.54 Å². The van der Waals surface area contributed by atoms with Gasteiger partial charge < -0.3 is 9.73 Å². The first kappa shape index (κ1) is 21.5. The van der Waals surface area contributed by atoms with Gasteiger partial charge in [0, 0.05) is 11.3 Å². The molecule has 0 aliphatic heterocycles. The SMILES string of the molecule is O=C(Nc1ccc2oc(=O)[nH]c2c1)c1cc(-c2ccccc2)nc2c1cnn2Cc1cccc(F)c1. The number of amides is 1. The topological polar surface area (TPSA) is 106 Å². The molecule has 6 aromatic rings. The molecule has 36 heavy (non-hydrogen) atoms. The Kier molecular flexibility index (Phi) is 5.15. The Balaban J connectivity index is 1.44. The summed E-state index contributed by atoms with van der Waals surface area (Å²) in [4.78, 5) is 32.3. The highest BCUT2D eigenvalue weighted by Gasteiger charge is 2.18. The number of aromatic nitrogens is 4. The van der Waals surface area contributed by atoms with Gasteiger partial charge >= 0.3 is 5.76 Å². The average Bonchev–Trinajstić information content (AvgIpc) is 3.46. The summed E-state index contributed by atoms with van der Waals surface area (Å²) in [6.45, 7) is 0.290. The average molecular weight is 479 g/mol. The number of halogens is 1. The number of nitrogens with one attached hydrogen (secondary N) is 2. The molecule has 0 spiro atoms. The Labute approximate surface area is 203 Å². The van der Waals surface area contributed by atoms with Crippen LogP contribution in [0.3, 0.4) is 0 Å². The number of pyridine rings is 1. The summed E-state index contributed by atoms with van der Waals surface area (Å²) in [5, 5.41) is 7.89. The molecular weight excluding hydrogens is 461 g/mol. The Morgan fingerprint density at radius 2 is 1.89 bits per heavy atom. The van der Waals surface area contributed by atoms with Gasteiger partial charge in [0.1, 0.15) is 5.82 Å². The zero-order valence-corrected chi connectivity index (χ0v) is 18.7. The summed E-state index contributed by atoms with van der Waals surface area (Å²) in [5.74, 6) is -1.27. The van der Waals surface area contributed by atoms with E-state index >= 15 is 0 Å². The minimum atomic E-state index is -0.567. The molecule has 0 aliphatic rings. The standard InChI is InChI=1S/C27H18FN5O3/c28-18-8-4-5-16(11-18)15-33-25-21(14-29-33)20(13-22(31-25)17-6-2-1-3-7-17)26(34)30-19-9-10-24-23(12-19)32-27(35)36-24/h1-14H,15H2,(H,30,34)(H,32,35). The number of H-pyrrole nitrogens is 1. The van der Waals surface area contributed by atoms with Gasteiger partial charge in [0.05, 0.1) is 34.9 Å². The third-order valence-corrected chi connectivity index (χ3v) is 5.82. The zero-order valence-electron chi connectivity index (χ0n) is 18.7. The van der Waals surface area contributed by atoms with Crippen LogP contribution < -0.4 is 11.1 Å². The van der Waals surface area contributed by atoms with E-state index in [1.807, 2.05) is 36.4 Å². The second-order valence-corrected chi connectivity index (χ2v) is 8.27. The van der Waals surface area contributed by atoms with Gasteiger partial charge in [-0.25, -0.2) is 18.9 Å². The van der Waals surface area contributed by atoms with Crippen LogP contribution in [0.1, 0.15) is 15.9 Å². The van der Waals surface area contributed by atoms with E-state index in [4.69, 9.17) is 9.40 Å². The predicted octanol–water partition coefficient (Wildman–Crippen LogP) is 4.97. The lowest BCUT2D eigenvalue weighted by Gasteiger charge is -2.10. The zero-order chi connectivity index (χ0) is 24.6. The van der Waals surface area contributed by atoms with Gasteiger partial charge in [0.15, 0.2) is 11.2 Å². The van der Waals surface area contributed by atoms with Gasteiger partial charge in [0.25, 0.3) is 5.91 Å². The van der Waals surface area contributed by atoms with Crippen LogP contribution in [0.2, 0.25) is 0 Å². The third-order valence-electron chi connectivity index (χ3n) is 5.82. The van der Waals surface area contributed by atoms with E-state index in [9.17, 15) is 14.0 Å². The number of fused-ring (bicyclic) bond motifs is 2. The fourth-order valence-electron chi connectivity index (χ4n) is 4.14. The lowest BCUT2D eigenvalue weighted by atomic mass is 10.1. The van der Waals surface area contributed by atoms with E-state index in [-0.39, 0.29) is 18.3 Å². The van der Waals surface area contributed by atoms with Gasteiger partial charge in [-0.2, -0.15) is 5.10 Å². The summed E-state index contributed by atoms with van der Waals surface area (Å²) in [7, 11) is 0. The van der Waals surface area contributed by atoms with Crippen LogP contribution in [0.4, 0.5) is 10.1 Å². The first-order chi connectivity index (χ1) is 17.5. The van der Waals surface area contributed by atoms with Crippen LogP contribution in [0.5, 0.6) is 0 Å². The molecule has 0 unspecified atom stereocenters. The van der Waals surface area contributed by atoms with Crippen LogP contribution in [-0.4, -0.2) is 25.7 Å². The van der Waals surface area contributed by atoms with Crippen LogP contribution in [0.25, 0.3) is 33.4 Å². The number of hydrogen-bond acceptors (Lipinski definition) is 5. The number of carbonyl (C=O) groups is 1. The predicted molar refractivity (Wildman–Crippen MR) is 133 cm³/mol. The van der Waals surface area contributed by atoms with Crippen molar-refractivity contribution >= 4 is 33.7 Å².